The van der Waals surface area contributed by atoms with E-state index >= 15 is 0 Å². The molecule has 23 heavy (non-hydrogen) atoms. The first-order chi connectivity index (χ1) is 11.2. The zero-order valence-electron chi connectivity index (χ0n) is 13.7. The minimum Gasteiger partial charge on any atom is -0.372 e. The van der Waals surface area contributed by atoms with Gasteiger partial charge in [0.05, 0.1) is 11.1 Å². The normalized spacial score (nSPS) is 10.9. The number of thiophene rings is 1. The van der Waals surface area contributed by atoms with E-state index in [1.54, 1.807) is 12.3 Å². The van der Waals surface area contributed by atoms with Crippen molar-refractivity contribution in [3.8, 4) is 0 Å². The first-order valence-corrected chi connectivity index (χ1v) is 8.84. The highest BCUT2D eigenvalue weighted by atomic mass is 32.1. The molecule has 0 aliphatic rings. The Labute approximate surface area is 141 Å². The predicted molar refractivity (Wildman–Crippen MR) is 98.6 cm³/mol. The summed E-state index contributed by atoms with van der Waals surface area (Å²) in [5, 5.41) is 5.88. The first-order valence-electron chi connectivity index (χ1n) is 7.96. The molecule has 0 radical (unpaired) electrons. The van der Waals surface area contributed by atoms with Crippen molar-refractivity contribution in [3.05, 3.63) is 52.2 Å². The highest BCUT2D eigenvalue weighted by molar-refractivity contribution is 7.12. The number of hydrogen-bond donors (Lipinski definition) is 1. The summed E-state index contributed by atoms with van der Waals surface area (Å²) in [6, 6.07) is 11.9. The van der Waals surface area contributed by atoms with Gasteiger partial charge >= 0.3 is 0 Å². The molecule has 0 unspecified atom stereocenters. The summed E-state index contributed by atoms with van der Waals surface area (Å²) in [6.45, 7) is 6.52. The Morgan fingerprint density at radius 3 is 2.43 bits per heavy atom. The fourth-order valence-electron chi connectivity index (χ4n) is 2.31. The van der Waals surface area contributed by atoms with Gasteiger partial charge in [0.2, 0.25) is 0 Å². The van der Waals surface area contributed by atoms with Gasteiger partial charge in [-0.15, -0.1) is 11.3 Å². The summed E-state index contributed by atoms with van der Waals surface area (Å²) in [4.78, 5) is 14.8. The van der Waals surface area contributed by atoms with Gasteiger partial charge in [0, 0.05) is 18.8 Å². The molecule has 0 atom stereocenters. The average molecular weight is 329 g/mol. The summed E-state index contributed by atoms with van der Waals surface area (Å²) < 4.78 is 0. The van der Waals surface area contributed by atoms with Crippen LogP contribution in [0, 0.1) is 0 Å². The molecular weight excluding hydrogens is 306 g/mol. The molecular formula is C18H23N3OS. The summed E-state index contributed by atoms with van der Waals surface area (Å²) >= 11 is 1.40. The highest BCUT2D eigenvalue weighted by Gasteiger charge is 2.05. The minimum absolute atomic E-state index is 0.176. The van der Waals surface area contributed by atoms with Crippen molar-refractivity contribution in [1.82, 2.24) is 5.43 Å². The standard InChI is InChI=1S/C18H23N3OS/c1-3-11-21(12-4-2)16-9-7-15(8-10-16)14-19-20-18(22)17-6-5-13-23-17/h5-10,13-14H,3-4,11-12H2,1-2H3,(H,20,22)/b19-14-. The Kier molecular flexibility index (Phi) is 6.81. The summed E-state index contributed by atoms with van der Waals surface area (Å²) in [7, 11) is 0. The largest absolute Gasteiger partial charge is 0.372 e. The van der Waals surface area contributed by atoms with Gasteiger partial charge in [-0.1, -0.05) is 32.0 Å². The number of anilines is 1. The molecule has 122 valence electrons. The fourth-order valence-corrected chi connectivity index (χ4v) is 2.92. The molecule has 2 aromatic rings. The fraction of sp³-hybridized carbons (Fsp3) is 0.333. The predicted octanol–water partition coefficient (Wildman–Crippen LogP) is 4.14. The third-order valence-corrected chi connectivity index (χ3v) is 4.24. The third kappa shape index (κ3) is 5.21. The van der Waals surface area contributed by atoms with Crippen LogP contribution in [0.15, 0.2) is 46.9 Å². The van der Waals surface area contributed by atoms with Crippen LogP contribution in [-0.4, -0.2) is 25.2 Å². The van der Waals surface area contributed by atoms with Crippen LogP contribution in [0.25, 0.3) is 0 Å². The lowest BCUT2D eigenvalue weighted by molar-refractivity contribution is 0.0959. The van der Waals surface area contributed by atoms with Crippen molar-refractivity contribution in [2.75, 3.05) is 18.0 Å². The second kappa shape index (κ2) is 9.10. The Balaban J connectivity index is 1.93. The molecule has 0 saturated carbocycles. The Morgan fingerprint density at radius 2 is 1.87 bits per heavy atom. The van der Waals surface area contributed by atoms with Crippen LogP contribution in [-0.2, 0) is 0 Å². The molecule has 1 N–H and O–H groups in total. The van der Waals surface area contributed by atoms with E-state index in [1.165, 1.54) is 17.0 Å². The van der Waals surface area contributed by atoms with Gasteiger partial charge < -0.3 is 4.90 Å². The third-order valence-electron chi connectivity index (χ3n) is 3.37. The monoisotopic (exact) mass is 329 g/mol. The number of benzene rings is 1. The number of amides is 1. The van der Waals surface area contributed by atoms with Gasteiger partial charge in [-0.25, -0.2) is 5.43 Å². The summed E-state index contributed by atoms with van der Waals surface area (Å²) in [6.07, 6.45) is 3.94. The number of carbonyl (C=O) groups excluding carboxylic acids is 1. The second-order valence-corrected chi connectivity index (χ2v) is 6.20. The van der Waals surface area contributed by atoms with Crippen LogP contribution in [0.1, 0.15) is 41.9 Å². The Morgan fingerprint density at radius 1 is 1.17 bits per heavy atom. The lowest BCUT2D eigenvalue weighted by Crippen LogP contribution is -2.24. The summed E-state index contributed by atoms with van der Waals surface area (Å²) in [5.74, 6) is -0.176. The maximum absolute atomic E-state index is 11.8. The van der Waals surface area contributed by atoms with Crippen LogP contribution < -0.4 is 10.3 Å². The minimum atomic E-state index is -0.176. The van der Waals surface area contributed by atoms with Crippen molar-refractivity contribution in [1.29, 1.82) is 0 Å². The molecule has 5 heteroatoms. The molecule has 1 aromatic carbocycles. The number of carbonyl (C=O) groups is 1. The van der Waals surface area contributed by atoms with E-state index in [1.807, 2.05) is 23.6 Å². The molecule has 4 nitrogen and oxygen atoms in total. The van der Waals surface area contributed by atoms with Crippen molar-refractivity contribution >= 4 is 29.1 Å². The van der Waals surface area contributed by atoms with Crippen LogP contribution in [0.2, 0.25) is 0 Å². The summed E-state index contributed by atoms with van der Waals surface area (Å²) in [5.41, 5.74) is 4.74. The smallest absolute Gasteiger partial charge is 0.281 e. The van der Waals surface area contributed by atoms with Gasteiger partial charge in [-0.05, 0) is 42.0 Å². The number of hydrogen-bond acceptors (Lipinski definition) is 4. The molecule has 1 heterocycles. The highest BCUT2D eigenvalue weighted by Crippen LogP contribution is 2.15. The van der Waals surface area contributed by atoms with Gasteiger partial charge in [-0.3, -0.25) is 4.79 Å². The number of rotatable bonds is 8. The SMILES string of the molecule is CCCN(CCC)c1ccc(/C=N\NC(=O)c2cccs2)cc1. The quantitative estimate of drug-likeness (QED) is 0.584. The van der Waals surface area contributed by atoms with E-state index in [-0.39, 0.29) is 5.91 Å². The molecule has 2 rings (SSSR count). The molecule has 0 saturated heterocycles. The Hall–Kier alpha value is -2.14. The molecule has 0 fully saturated rings. The zero-order valence-corrected chi connectivity index (χ0v) is 14.5. The van der Waals surface area contributed by atoms with Gasteiger partial charge in [0.25, 0.3) is 5.91 Å². The molecule has 0 bridgehead atoms. The maximum atomic E-state index is 11.8. The molecule has 0 aliphatic carbocycles. The van der Waals surface area contributed by atoms with Crippen LogP contribution >= 0.6 is 11.3 Å². The van der Waals surface area contributed by atoms with Crippen molar-refractivity contribution in [2.45, 2.75) is 26.7 Å². The molecule has 0 spiro atoms. The van der Waals surface area contributed by atoms with Crippen molar-refractivity contribution in [2.24, 2.45) is 5.10 Å². The van der Waals surface area contributed by atoms with Crippen molar-refractivity contribution < 1.29 is 4.79 Å². The van der Waals surface area contributed by atoms with Gasteiger partial charge in [0.15, 0.2) is 0 Å². The number of nitrogens with zero attached hydrogens (tertiary/aromatic N) is 2. The molecule has 0 aliphatic heterocycles. The lowest BCUT2D eigenvalue weighted by atomic mass is 10.2. The maximum Gasteiger partial charge on any atom is 0.281 e. The van der Waals surface area contributed by atoms with Crippen LogP contribution in [0.3, 0.4) is 0 Å². The average Bonchev–Trinajstić information content (AvgIpc) is 3.10. The molecule has 1 amide bonds. The number of nitrogens with one attached hydrogen (secondary N) is 1. The van der Waals surface area contributed by atoms with E-state index in [4.69, 9.17) is 0 Å². The zero-order chi connectivity index (χ0) is 16.5. The Bertz CT molecular complexity index is 614. The van der Waals surface area contributed by atoms with E-state index in [2.05, 4.69) is 41.4 Å². The lowest BCUT2D eigenvalue weighted by Gasteiger charge is -2.23. The van der Waals surface area contributed by atoms with Crippen LogP contribution in [0.4, 0.5) is 5.69 Å². The van der Waals surface area contributed by atoms with Crippen molar-refractivity contribution in [3.63, 3.8) is 0 Å². The van der Waals surface area contributed by atoms with E-state index in [0.29, 0.717) is 4.88 Å². The van der Waals surface area contributed by atoms with E-state index in [0.717, 1.165) is 31.5 Å². The number of hydrazone groups is 1. The van der Waals surface area contributed by atoms with E-state index < -0.39 is 0 Å². The topological polar surface area (TPSA) is 44.7 Å². The molecule has 1 aromatic heterocycles. The van der Waals surface area contributed by atoms with Gasteiger partial charge in [0.1, 0.15) is 0 Å². The second-order valence-electron chi connectivity index (χ2n) is 5.26. The van der Waals surface area contributed by atoms with Crippen LogP contribution in [0.5, 0.6) is 0 Å². The van der Waals surface area contributed by atoms with E-state index in [9.17, 15) is 4.79 Å². The van der Waals surface area contributed by atoms with Gasteiger partial charge in [-0.2, -0.15) is 5.10 Å². The first kappa shape index (κ1) is 17.2.